The number of hydrogen-bond acceptors (Lipinski definition) is 3. The average molecular weight is 180 g/mol. The Morgan fingerprint density at radius 1 is 1.54 bits per heavy atom. The Kier molecular flexibility index (Phi) is 1.54. The van der Waals surface area contributed by atoms with Gasteiger partial charge in [-0.2, -0.15) is 0 Å². The van der Waals surface area contributed by atoms with E-state index in [9.17, 15) is 9.59 Å². The van der Waals surface area contributed by atoms with Crippen molar-refractivity contribution < 1.29 is 0 Å². The third-order valence-electron chi connectivity index (χ3n) is 1.88. The number of fused-ring (bicyclic) bond motifs is 1. The van der Waals surface area contributed by atoms with Crippen molar-refractivity contribution >= 4 is 11.2 Å². The van der Waals surface area contributed by atoms with E-state index in [-0.39, 0.29) is 16.8 Å². The number of hydrogen-bond donors (Lipinski definition) is 2. The summed E-state index contributed by atoms with van der Waals surface area (Å²) >= 11 is 0. The monoisotopic (exact) mass is 180 g/mol. The van der Waals surface area contributed by atoms with Gasteiger partial charge in [-0.05, 0) is 6.92 Å². The molecular formula is C7H8N4O2. The smallest absolute Gasteiger partial charge is 0.311 e. The molecule has 0 fully saturated rings. The zero-order valence-corrected chi connectivity index (χ0v) is 7.00. The van der Waals surface area contributed by atoms with Crippen LogP contribution < -0.4 is 11.2 Å². The molecular weight excluding hydrogens is 172 g/mol. The molecule has 0 aliphatic carbocycles. The molecule has 6 heteroatoms. The second-order valence-electron chi connectivity index (χ2n) is 2.60. The molecule has 0 amide bonds. The van der Waals surface area contributed by atoms with Gasteiger partial charge in [0.15, 0.2) is 11.2 Å². The van der Waals surface area contributed by atoms with Crippen LogP contribution in [-0.4, -0.2) is 19.5 Å². The fourth-order valence-corrected chi connectivity index (χ4v) is 1.27. The highest BCUT2D eigenvalue weighted by atomic mass is 16.1. The molecule has 13 heavy (non-hydrogen) atoms. The van der Waals surface area contributed by atoms with E-state index in [0.29, 0.717) is 12.2 Å². The summed E-state index contributed by atoms with van der Waals surface area (Å²) in [5.41, 5.74) is 0.00148. The van der Waals surface area contributed by atoms with Gasteiger partial charge in [-0.25, -0.2) is 9.78 Å². The molecule has 0 radical (unpaired) electrons. The molecule has 68 valence electrons. The minimum atomic E-state index is -0.325. The first-order valence-corrected chi connectivity index (χ1v) is 3.90. The minimum Gasteiger partial charge on any atom is -0.311 e. The fourth-order valence-electron chi connectivity index (χ4n) is 1.27. The van der Waals surface area contributed by atoms with Crippen LogP contribution in [0.5, 0.6) is 0 Å². The molecule has 2 N–H and O–H groups in total. The van der Waals surface area contributed by atoms with Crippen LogP contribution in [0.25, 0.3) is 11.2 Å². The number of aryl methyl sites for hydroxylation is 1. The van der Waals surface area contributed by atoms with Gasteiger partial charge < -0.3 is 4.98 Å². The van der Waals surface area contributed by atoms with E-state index in [0.717, 1.165) is 0 Å². The topological polar surface area (TPSA) is 83.5 Å². The number of nitrogens with one attached hydrogen (secondary N) is 2. The van der Waals surface area contributed by atoms with Crippen LogP contribution in [0.3, 0.4) is 0 Å². The van der Waals surface area contributed by atoms with E-state index in [1.165, 1.54) is 10.9 Å². The number of nitrogens with zero attached hydrogens (tertiary/aromatic N) is 2. The number of rotatable bonds is 1. The summed E-state index contributed by atoms with van der Waals surface area (Å²) in [7, 11) is 0. The highest BCUT2D eigenvalue weighted by Gasteiger charge is 2.07. The third kappa shape index (κ3) is 0.986. The Bertz CT molecular complexity index is 547. The molecule has 2 rings (SSSR count). The summed E-state index contributed by atoms with van der Waals surface area (Å²) in [6, 6.07) is 0. The second kappa shape index (κ2) is 2.58. The Morgan fingerprint density at radius 2 is 2.31 bits per heavy atom. The molecule has 0 bridgehead atoms. The van der Waals surface area contributed by atoms with Gasteiger partial charge in [0.05, 0.1) is 6.33 Å². The summed E-state index contributed by atoms with van der Waals surface area (Å²) in [6.07, 6.45) is 1.28. The standard InChI is InChI=1S/C7H8N4O2/c1-2-11-5-4(10-7(11)13)6(12)9-3-8-5/h3H,2H2,1H3,(H,10,13)(H,8,9,12). The van der Waals surface area contributed by atoms with Gasteiger partial charge in [0.1, 0.15) is 0 Å². The lowest BCUT2D eigenvalue weighted by molar-refractivity contribution is 0.745. The van der Waals surface area contributed by atoms with E-state index in [1.807, 2.05) is 6.92 Å². The second-order valence-corrected chi connectivity index (χ2v) is 2.60. The zero-order valence-electron chi connectivity index (χ0n) is 7.00. The van der Waals surface area contributed by atoms with Crippen LogP contribution in [-0.2, 0) is 6.54 Å². The van der Waals surface area contributed by atoms with E-state index < -0.39 is 0 Å². The maximum absolute atomic E-state index is 11.2. The molecule has 2 heterocycles. The molecule has 0 unspecified atom stereocenters. The highest BCUT2D eigenvalue weighted by molar-refractivity contribution is 5.68. The van der Waals surface area contributed by atoms with Crippen molar-refractivity contribution in [2.24, 2.45) is 0 Å². The molecule has 0 atom stereocenters. The predicted molar refractivity (Wildman–Crippen MR) is 46.6 cm³/mol. The number of aromatic nitrogens is 4. The Morgan fingerprint density at radius 3 is 3.00 bits per heavy atom. The predicted octanol–water partition coefficient (Wildman–Crippen LogP) is -0.567. The molecule has 2 aromatic rings. The largest absolute Gasteiger partial charge is 0.327 e. The normalized spacial score (nSPS) is 10.8. The molecule has 6 nitrogen and oxygen atoms in total. The molecule has 0 saturated carbocycles. The van der Waals surface area contributed by atoms with Gasteiger partial charge in [0.25, 0.3) is 5.56 Å². The van der Waals surface area contributed by atoms with E-state index in [1.54, 1.807) is 0 Å². The lowest BCUT2D eigenvalue weighted by Gasteiger charge is -1.93. The maximum Gasteiger partial charge on any atom is 0.327 e. The summed E-state index contributed by atoms with van der Waals surface area (Å²) in [4.78, 5) is 31.2. The Balaban J connectivity index is 3.03. The van der Waals surface area contributed by atoms with Crippen molar-refractivity contribution in [3.8, 4) is 0 Å². The first-order chi connectivity index (χ1) is 6.24. The van der Waals surface area contributed by atoms with Gasteiger partial charge in [0.2, 0.25) is 0 Å². The average Bonchev–Trinajstić information content (AvgIpc) is 2.43. The molecule has 0 saturated heterocycles. The third-order valence-corrected chi connectivity index (χ3v) is 1.88. The van der Waals surface area contributed by atoms with Crippen LogP contribution >= 0.6 is 0 Å². The Labute approximate surface area is 72.2 Å². The van der Waals surface area contributed by atoms with Gasteiger partial charge in [-0.3, -0.25) is 14.3 Å². The van der Waals surface area contributed by atoms with Crippen molar-refractivity contribution in [1.82, 2.24) is 19.5 Å². The van der Waals surface area contributed by atoms with Crippen molar-refractivity contribution in [3.05, 3.63) is 27.2 Å². The summed E-state index contributed by atoms with van der Waals surface area (Å²) in [6.45, 7) is 2.31. The highest BCUT2D eigenvalue weighted by Crippen LogP contribution is 1.98. The molecule has 0 aromatic carbocycles. The van der Waals surface area contributed by atoms with Gasteiger partial charge in [0, 0.05) is 6.54 Å². The summed E-state index contributed by atoms with van der Waals surface area (Å²) in [5, 5.41) is 0. The molecule has 0 spiro atoms. The van der Waals surface area contributed by atoms with E-state index in [2.05, 4.69) is 15.0 Å². The van der Waals surface area contributed by atoms with Crippen molar-refractivity contribution in [2.75, 3.05) is 0 Å². The quantitative estimate of drug-likeness (QED) is 0.616. The fraction of sp³-hybridized carbons (Fsp3) is 0.286. The number of imidazole rings is 1. The van der Waals surface area contributed by atoms with E-state index in [4.69, 9.17) is 0 Å². The molecule has 2 aromatic heterocycles. The Hall–Kier alpha value is -1.85. The molecule has 0 aliphatic heterocycles. The van der Waals surface area contributed by atoms with Gasteiger partial charge in [-0.15, -0.1) is 0 Å². The first kappa shape index (κ1) is 7.78. The minimum absolute atomic E-state index is 0.231. The van der Waals surface area contributed by atoms with Crippen molar-refractivity contribution in [1.29, 1.82) is 0 Å². The van der Waals surface area contributed by atoms with Crippen LogP contribution in [0.1, 0.15) is 6.92 Å². The summed E-state index contributed by atoms with van der Waals surface area (Å²) in [5.74, 6) is 0. The van der Waals surface area contributed by atoms with Crippen LogP contribution in [0.4, 0.5) is 0 Å². The van der Waals surface area contributed by atoms with Crippen molar-refractivity contribution in [2.45, 2.75) is 13.5 Å². The lowest BCUT2D eigenvalue weighted by Crippen LogP contribution is -2.15. The maximum atomic E-state index is 11.2. The van der Waals surface area contributed by atoms with E-state index >= 15 is 0 Å². The van der Waals surface area contributed by atoms with Gasteiger partial charge >= 0.3 is 5.69 Å². The number of H-pyrrole nitrogens is 2. The van der Waals surface area contributed by atoms with Gasteiger partial charge in [-0.1, -0.05) is 0 Å². The van der Waals surface area contributed by atoms with Crippen LogP contribution in [0.15, 0.2) is 15.9 Å². The zero-order chi connectivity index (χ0) is 9.42. The lowest BCUT2D eigenvalue weighted by atomic mass is 10.5. The first-order valence-electron chi connectivity index (χ1n) is 3.90. The van der Waals surface area contributed by atoms with Crippen molar-refractivity contribution in [3.63, 3.8) is 0 Å². The van der Waals surface area contributed by atoms with Crippen LogP contribution in [0, 0.1) is 0 Å². The molecule has 0 aliphatic rings. The summed E-state index contributed by atoms with van der Waals surface area (Å²) < 4.78 is 1.41. The van der Waals surface area contributed by atoms with Crippen LogP contribution in [0.2, 0.25) is 0 Å². The SMILES string of the molecule is CCn1c(=O)[nH]c2c(=O)[nH]cnc21. The number of aromatic amines is 2.